The van der Waals surface area contributed by atoms with E-state index < -0.39 is 9.84 Å². The van der Waals surface area contributed by atoms with E-state index in [0.29, 0.717) is 11.5 Å². The predicted molar refractivity (Wildman–Crippen MR) is 88.4 cm³/mol. The minimum Gasteiger partial charge on any atom is -0.380 e. The van der Waals surface area contributed by atoms with Gasteiger partial charge in [-0.25, -0.2) is 13.4 Å². The average molecular weight is 347 g/mol. The van der Waals surface area contributed by atoms with Gasteiger partial charge in [0.15, 0.2) is 15.7 Å². The minimum absolute atomic E-state index is 0.200. The van der Waals surface area contributed by atoms with Crippen LogP contribution in [0.1, 0.15) is 0 Å². The maximum Gasteiger partial charge on any atom is 0.298 e. The van der Waals surface area contributed by atoms with Gasteiger partial charge in [-0.2, -0.15) is 0 Å². The van der Waals surface area contributed by atoms with Crippen LogP contribution in [-0.4, -0.2) is 50.5 Å². The van der Waals surface area contributed by atoms with Crippen molar-refractivity contribution < 1.29 is 13.2 Å². The van der Waals surface area contributed by atoms with Crippen LogP contribution in [0.3, 0.4) is 0 Å². The van der Waals surface area contributed by atoms with Crippen molar-refractivity contribution in [3.05, 3.63) is 47.0 Å². The summed E-state index contributed by atoms with van der Waals surface area (Å²) in [7, 11) is -3.26. The number of anilines is 1. The lowest BCUT2D eigenvalue weighted by molar-refractivity contribution is -0.127. The van der Waals surface area contributed by atoms with E-state index in [0.717, 1.165) is 32.6 Å². The molecule has 2 aliphatic rings. The van der Waals surface area contributed by atoms with Crippen LogP contribution in [0.15, 0.2) is 46.3 Å². The zero-order chi connectivity index (χ0) is 16.9. The van der Waals surface area contributed by atoms with E-state index in [-0.39, 0.29) is 15.9 Å². The summed E-state index contributed by atoms with van der Waals surface area (Å²) in [5.74, 6) is 0.419. The lowest BCUT2D eigenvalue weighted by Crippen LogP contribution is -2.67. The molecule has 0 unspecified atom stereocenters. The van der Waals surface area contributed by atoms with Gasteiger partial charge in [-0.05, 0) is 24.3 Å². The number of rotatable bonds is 3. The maximum absolute atomic E-state index is 12.7. The maximum atomic E-state index is 12.7. The summed E-state index contributed by atoms with van der Waals surface area (Å²) in [5, 5.41) is 0. The topological polar surface area (TPSA) is 81.5 Å². The summed E-state index contributed by atoms with van der Waals surface area (Å²) in [4.78, 5) is 19.1. The molecule has 0 radical (unpaired) electrons. The minimum atomic E-state index is -3.26. The van der Waals surface area contributed by atoms with Crippen LogP contribution in [-0.2, 0) is 14.6 Å². The molecule has 4 rings (SSSR count). The summed E-state index contributed by atoms with van der Waals surface area (Å²) in [5.41, 5.74) is 0.601. The molecule has 2 fully saturated rings. The van der Waals surface area contributed by atoms with Crippen LogP contribution >= 0.6 is 0 Å². The van der Waals surface area contributed by atoms with E-state index in [1.807, 2.05) is 4.90 Å². The molecule has 24 heavy (non-hydrogen) atoms. The Morgan fingerprint density at radius 1 is 1.17 bits per heavy atom. The van der Waals surface area contributed by atoms with Gasteiger partial charge in [0.1, 0.15) is 0 Å². The smallest absolute Gasteiger partial charge is 0.298 e. The molecule has 3 heterocycles. The Balaban J connectivity index is 1.65. The molecule has 1 aromatic heterocycles. The van der Waals surface area contributed by atoms with Crippen molar-refractivity contribution in [1.82, 2.24) is 9.55 Å². The van der Waals surface area contributed by atoms with E-state index >= 15 is 0 Å². The van der Waals surface area contributed by atoms with Crippen LogP contribution < -0.4 is 10.5 Å². The number of hydrogen-bond acceptors (Lipinski definition) is 6. The molecule has 1 spiro atoms. The predicted octanol–water partition coefficient (Wildman–Crippen LogP) is 0.473. The quantitative estimate of drug-likeness (QED) is 0.803. The van der Waals surface area contributed by atoms with Crippen molar-refractivity contribution in [2.24, 2.45) is 5.41 Å². The lowest BCUT2D eigenvalue weighted by Gasteiger charge is -2.55. The molecule has 2 saturated heterocycles. The second kappa shape index (κ2) is 5.15. The number of nitrogens with zero attached hydrogens (tertiary/aromatic N) is 3. The Hall–Kier alpha value is -2.19. The Labute approximate surface area is 139 Å². The summed E-state index contributed by atoms with van der Waals surface area (Å²) < 4.78 is 29.8. The van der Waals surface area contributed by atoms with E-state index in [1.54, 1.807) is 24.5 Å². The Bertz CT molecular complexity index is 938. The molecule has 2 aromatic rings. The third-order valence-electron chi connectivity index (χ3n) is 4.53. The van der Waals surface area contributed by atoms with Crippen molar-refractivity contribution in [2.45, 2.75) is 4.90 Å². The molecular weight excluding hydrogens is 330 g/mol. The first-order valence-electron chi connectivity index (χ1n) is 7.59. The normalized spacial score (nSPS) is 19.0. The first-order valence-corrected chi connectivity index (χ1v) is 9.48. The molecule has 0 amide bonds. The fourth-order valence-electron chi connectivity index (χ4n) is 3.16. The monoisotopic (exact) mass is 347 g/mol. The van der Waals surface area contributed by atoms with Gasteiger partial charge in [0.05, 0.1) is 23.5 Å². The van der Waals surface area contributed by atoms with E-state index in [1.165, 1.54) is 16.7 Å². The summed E-state index contributed by atoms with van der Waals surface area (Å²) in [6.07, 6.45) is 4.33. The van der Waals surface area contributed by atoms with E-state index in [9.17, 15) is 13.2 Å². The van der Waals surface area contributed by atoms with Gasteiger partial charge in [-0.3, -0.25) is 9.36 Å². The molecule has 7 nitrogen and oxygen atoms in total. The van der Waals surface area contributed by atoms with Gasteiger partial charge >= 0.3 is 0 Å². The van der Waals surface area contributed by atoms with Gasteiger partial charge in [0.2, 0.25) is 0 Å². The molecule has 0 N–H and O–H groups in total. The van der Waals surface area contributed by atoms with Crippen molar-refractivity contribution in [3.63, 3.8) is 0 Å². The number of ether oxygens (including phenoxy) is 1. The SMILES string of the molecule is CS(=O)(=O)c1ccc(-n2ccnc(N3CC4(COC4)C3)c2=O)cc1. The zero-order valence-electron chi connectivity index (χ0n) is 13.2. The number of benzene rings is 1. The van der Waals surface area contributed by atoms with Crippen LogP contribution in [0.2, 0.25) is 0 Å². The van der Waals surface area contributed by atoms with Gasteiger partial charge in [-0.1, -0.05) is 0 Å². The number of sulfone groups is 1. The van der Waals surface area contributed by atoms with Gasteiger partial charge in [0, 0.05) is 37.4 Å². The summed E-state index contributed by atoms with van der Waals surface area (Å²) in [6, 6.07) is 6.25. The highest BCUT2D eigenvalue weighted by molar-refractivity contribution is 7.90. The molecule has 0 saturated carbocycles. The zero-order valence-corrected chi connectivity index (χ0v) is 14.0. The Morgan fingerprint density at radius 2 is 1.83 bits per heavy atom. The van der Waals surface area contributed by atoms with E-state index in [4.69, 9.17) is 4.74 Å². The third kappa shape index (κ3) is 2.42. The molecule has 0 bridgehead atoms. The molecule has 126 valence electrons. The fraction of sp³-hybridized carbons (Fsp3) is 0.375. The second-order valence-electron chi connectivity index (χ2n) is 6.54. The van der Waals surface area contributed by atoms with Crippen LogP contribution in [0.4, 0.5) is 5.82 Å². The molecule has 1 aromatic carbocycles. The Kier molecular flexibility index (Phi) is 3.29. The summed E-state index contributed by atoms with van der Waals surface area (Å²) in [6.45, 7) is 3.06. The van der Waals surface area contributed by atoms with Gasteiger partial charge in [0.25, 0.3) is 5.56 Å². The average Bonchev–Trinajstić information content (AvgIpc) is 2.45. The van der Waals surface area contributed by atoms with Crippen LogP contribution in [0.5, 0.6) is 0 Å². The molecule has 0 aliphatic carbocycles. The van der Waals surface area contributed by atoms with Gasteiger partial charge < -0.3 is 9.64 Å². The van der Waals surface area contributed by atoms with E-state index in [2.05, 4.69) is 4.98 Å². The first kappa shape index (κ1) is 15.3. The third-order valence-corrected chi connectivity index (χ3v) is 5.66. The Morgan fingerprint density at radius 3 is 2.38 bits per heavy atom. The highest BCUT2D eigenvalue weighted by Gasteiger charge is 2.50. The standard InChI is InChI=1S/C16H17N3O4S/c1-24(21,22)13-4-2-12(3-5-13)19-7-6-17-14(15(19)20)18-8-16(9-18)10-23-11-16/h2-7H,8-11H2,1H3. The largest absolute Gasteiger partial charge is 0.380 e. The first-order chi connectivity index (χ1) is 11.4. The molecule has 0 atom stereocenters. The fourth-order valence-corrected chi connectivity index (χ4v) is 3.79. The highest BCUT2D eigenvalue weighted by atomic mass is 32.2. The molecule has 2 aliphatic heterocycles. The molecule has 8 heteroatoms. The lowest BCUT2D eigenvalue weighted by atomic mass is 9.78. The summed E-state index contributed by atoms with van der Waals surface area (Å²) >= 11 is 0. The number of hydrogen-bond donors (Lipinski definition) is 0. The second-order valence-corrected chi connectivity index (χ2v) is 8.56. The van der Waals surface area contributed by atoms with Gasteiger partial charge in [-0.15, -0.1) is 0 Å². The molecular formula is C16H17N3O4S. The van der Waals surface area contributed by atoms with Crippen molar-refractivity contribution in [2.75, 3.05) is 37.5 Å². The van der Waals surface area contributed by atoms with Crippen molar-refractivity contribution in [1.29, 1.82) is 0 Å². The highest BCUT2D eigenvalue weighted by Crippen LogP contribution is 2.38. The van der Waals surface area contributed by atoms with Crippen LogP contribution in [0, 0.1) is 5.41 Å². The number of aromatic nitrogens is 2. The van der Waals surface area contributed by atoms with Crippen molar-refractivity contribution >= 4 is 15.7 Å². The van der Waals surface area contributed by atoms with Crippen LogP contribution in [0.25, 0.3) is 5.69 Å². The van der Waals surface area contributed by atoms with Crippen molar-refractivity contribution in [3.8, 4) is 5.69 Å².